The highest BCUT2D eigenvalue weighted by atomic mass is 16.6. The average molecular weight is 280 g/mol. The van der Waals surface area contributed by atoms with Crippen molar-refractivity contribution in [2.24, 2.45) is 22.7 Å². The third-order valence-electron chi connectivity index (χ3n) is 6.62. The van der Waals surface area contributed by atoms with E-state index < -0.39 is 0 Å². The molecule has 1 aliphatic heterocycles. The van der Waals surface area contributed by atoms with Gasteiger partial charge in [0.15, 0.2) is 0 Å². The molecule has 20 heavy (non-hydrogen) atoms. The summed E-state index contributed by atoms with van der Waals surface area (Å²) in [6, 6.07) is 0. The molecule has 0 aromatic rings. The fourth-order valence-electron chi connectivity index (χ4n) is 6.10. The molecule has 2 saturated carbocycles. The van der Waals surface area contributed by atoms with Crippen LogP contribution in [0.15, 0.2) is 0 Å². The second-order valence-electron chi connectivity index (χ2n) is 8.53. The summed E-state index contributed by atoms with van der Waals surface area (Å²) in [6.45, 7) is 9.05. The van der Waals surface area contributed by atoms with Gasteiger partial charge < -0.3 is 9.84 Å². The number of aliphatic hydroxyl groups excluding tert-OH is 1. The predicted molar refractivity (Wildman–Crippen MR) is 77.1 cm³/mol. The highest BCUT2D eigenvalue weighted by Gasteiger charge is 2.62. The lowest BCUT2D eigenvalue weighted by molar-refractivity contribution is -0.223. The molecule has 0 unspecified atom stereocenters. The van der Waals surface area contributed by atoms with Crippen LogP contribution < -0.4 is 0 Å². The lowest BCUT2D eigenvalue weighted by Crippen LogP contribution is -2.62. The first-order chi connectivity index (χ1) is 9.17. The summed E-state index contributed by atoms with van der Waals surface area (Å²) in [4.78, 5) is 11.7. The van der Waals surface area contributed by atoms with Crippen LogP contribution in [-0.2, 0) is 9.53 Å². The third kappa shape index (κ3) is 1.93. The minimum Gasteiger partial charge on any atom is -0.459 e. The van der Waals surface area contributed by atoms with Crippen molar-refractivity contribution in [3.8, 4) is 0 Å². The first-order valence-corrected chi connectivity index (χ1v) is 8.07. The summed E-state index contributed by atoms with van der Waals surface area (Å²) in [7, 11) is 0. The second kappa shape index (κ2) is 4.22. The molecule has 0 radical (unpaired) electrons. The molecule has 0 bridgehead atoms. The van der Waals surface area contributed by atoms with E-state index >= 15 is 0 Å². The van der Waals surface area contributed by atoms with E-state index in [9.17, 15) is 9.90 Å². The Balaban J connectivity index is 1.99. The molecule has 3 aliphatic rings. The fourth-order valence-corrected chi connectivity index (χ4v) is 6.10. The number of aliphatic hydroxyl groups is 1. The Morgan fingerprint density at radius 1 is 1.10 bits per heavy atom. The Hall–Kier alpha value is -0.570. The van der Waals surface area contributed by atoms with Gasteiger partial charge in [0.05, 0.1) is 6.10 Å². The first kappa shape index (κ1) is 14.4. The molecule has 3 heteroatoms. The van der Waals surface area contributed by atoms with Crippen LogP contribution in [0.2, 0.25) is 0 Å². The quantitative estimate of drug-likeness (QED) is 0.693. The van der Waals surface area contributed by atoms with Gasteiger partial charge in [0.2, 0.25) is 0 Å². The molecule has 0 aromatic carbocycles. The van der Waals surface area contributed by atoms with Crippen molar-refractivity contribution in [2.75, 3.05) is 0 Å². The third-order valence-corrected chi connectivity index (χ3v) is 6.62. The van der Waals surface area contributed by atoms with Crippen LogP contribution >= 0.6 is 0 Å². The highest BCUT2D eigenvalue weighted by Crippen LogP contribution is 2.64. The molecule has 3 fully saturated rings. The van der Waals surface area contributed by atoms with Gasteiger partial charge in [0.25, 0.3) is 0 Å². The van der Waals surface area contributed by atoms with Crippen LogP contribution in [0.1, 0.15) is 66.2 Å². The molecular formula is C17H28O3. The number of ether oxygens (including phenoxy) is 1. The summed E-state index contributed by atoms with van der Waals surface area (Å²) in [5.41, 5.74) is -0.0439. The van der Waals surface area contributed by atoms with Crippen molar-refractivity contribution >= 4 is 5.97 Å². The molecule has 1 heterocycles. The van der Waals surface area contributed by atoms with Crippen LogP contribution in [0, 0.1) is 22.7 Å². The van der Waals surface area contributed by atoms with Crippen LogP contribution in [0.3, 0.4) is 0 Å². The van der Waals surface area contributed by atoms with Gasteiger partial charge in [-0.3, -0.25) is 4.79 Å². The topological polar surface area (TPSA) is 46.5 Å². The van der Waals surface area contributed by atoms with Crippen LogP contribution in [0.25, 0.3) is 0 Å². The maximum absolute atomic E-state index is 11.7. The largest absolute Gasteiger partial charge is 0.459 e. The normalized spacial score (nSPS) is 50.9. The molecule has 0 spiro atoms. The van der Waals surface area contributed by atoms with Crippen molar-refractivity contribution in [1.29, 1.82) is 0 Å². The Kier molecular flexibility index (Phi) is 3.03. The summed E-state index contributed by atoms with van der Waals surface area (Å²) >= 11 is 0. The van der Waals surface area contributed by atoms with Gasteiger partial charge in [0, 0.05) is 12.3 Å². The number of rotatable bonds is 0. The van der Waals surface area contributed by atoms with Gasteiger partial charge in [-0.25, -0.2) is 0 Å². The second-order valence-corrected chi connectivity index (χ2v) is 8.53. The molecule has 0 amide bonds. The van der Waals surface area contributed by atoms with Crippen molar-refractivity contribution in [2.45, 2.75) is 77.9 Å². The van der Waals surface area contributed by atoms with Crippen molar-refractivity contribution < 1.29 is 14.6 Å². The van der Waals surface area contributed by atoms with E-state index in [1.165, 1.54) is 0 Å². The van der Waals surface area contributed by atoms with Crippen molar-refractivity contribution in [3.05, 3.63) is 0 Å². The van der Waals surface area contributed by atoms with E-state index in [2.05, 4.69) is 27.7 Å². The SMILES string of the molecule is CC1(C)C[C@H](O)C[C@]2(C)[C@H]3CCC(=O)O[C@]3(C)CC[C@@H]12. The zero-order valence-corrected chi connectivity index (χ0v) is 13.2. The molecule has 2 aliphatic carbocycles. The molecule has 114 valence electrons. The first-order valence-electron chi connectivity index (χ1n) is 8.07. The number of hydrogen-bond donors (Lipinski definition) is 1. The van der Waals surface area contributed by atoms with Gasteiger partial charge in [-0.2, -0.15) is 0 Å². The molecule has 3 rings (SSSR count). The van der Waals surface area contributed by atoms with Crippen LogP contribution in [0.4, 0.5) is 0 Å². The minimum absolute atomic E-state index is 0.0404. The van der Waals surface area contributed by atoms with E-state index in [1.807, 2.05) is 0 Å². The smallest absolute Gasteiger partial charge is 0.306 e. The van der Waals surface area contributed by atoms with E-state index in [0.29, 0.717) is 18.3 Å². The molecule has 0 aromatic heterocycles. The fraction of sp³-hybridized carbons (Fsp3) is 0.941. The van der Waals surface area contributed by atoms with Gasteiger partial charge in [-0.15, -0.1) is 0 Å². The number of carbonyl (C=O) groups excluding carboxylic acids is 1. The standard InChI is InChI=1S/C17H28O3/c1-15(2)9-11(18)10-16(3)12(15)7-8-17(4)13(16)5-6-14(19)20-17/h11-13,18H,5-10H2,1-4H3/t11-,12-,13+,16-,17+/m0/s1. The number of carbonyl (C=O) groups is 1. The lowest BCUT2D eigenvalue weighted by Gasteiger charge is -2.63. The molecular weight excluding hydrogens is 252 g/mol. The van der Waals surface area contributed by atoms with Crippen molar-refractivity contribution in [1.82, 2.24) is 0 Å². The molecule has 5 atom stereocenters. The predicted octanol–water partition coefficient (Wildman–Crippen LogP) is 3.30. The number of fused-ring (bicyclic) bond motifs is 3. The zero-order chi connectivity index (χ0) is 14.8. The Bertz CT molecular complexity index is 430. The maximum atomic E-state index is 11.7. The number of esters is 1. The van der Waals surface area contributed by atoms with E-state index in [4.69, 9.17) is 4.74 Å². The molecule has 3 nitrogen and oxygen atoms in total. The zero-order valence-electron chi connectivity index (χ0n) is 13.2. The number of hydrogen-bond acceptors (Lipinski definition) is 3. The van der Waals surface area contributed by atoms with Gasteiger partial charge >= 0.3 is 5.97 Å². The Morgan fingerprint density at radius 3 is 2.50 bits per heavy atom. The van der Waals surface area contributed by atoms with Crippen LogP contribution in [0.5, 0.6) is 0 Å². The summed E-state index contributed by atoms with van der Waals surface area (Å²) in [6.07, 6.45) is 5.09. The molecule has 1 N–H and O–H groups in total. The summed E-state index contributed by atoms with van der Waals surface area (Å²) in [5, 5.41) is 10.4. The monoisotopic (exact) mass is 280 g/mol. The van der Waals surface area contributed by atoms with Gasteiger partial charge in [-0.1, -0.05) is 20.8 Å². The van der Waals surface area contributed by atoms with E-state index in [-0.39, 0.29) is 28.5 Å². The maximum Gasteiger partial charge on any atom is 0.306 e. The highest BCUT2D eigenvalue weighted by molar-refractivity contribution is 5.71. The lowest BCUT2D eigenvalue weighted by atomic mass is 9.44. The van der Waals surface area contributed by atoms with E-state index in [0.717, 1.165) is 32.1 Å². The summed E-state index contributed by atoms with van der Waals surface area (Å²) < 4.78 is 5.77. The molecule has 1 saturated heterocycles. The minimum atomic E-state index is -0.312. The Morgan fingerprint density at radius 2 is 1.80 bits per heavy atom. The van der Waals surface area contributed by atoms with E-state index in [1.54, 1.807) is 0 Å². The summed E-state index contributed by atoms with van der Waals surface area (Å²) in [5.74, 6) is 0.968. The Labute approximate surface area is 122 Å². The van der Waals surface area contributed by atoms with Crippen LogP contribution in [-0.4, -0.2) is 22.8 Å². The van der Waals surface area contributed by atoms with Gasteiger partial charge in [-0.05, 0) is 55.8 Å². The van der Waals surface area contributed by atoms with Crippen molar-refractivity contribution in [3.63, 3.8) is 0 Å². The van der Waals surface area contributed by atoms with Gasteiger partial charge in [0.1, 0.15) is 5.60 Å². The average Bonchev–Trinajstić information content (AvgIpc) is 2.24.